The van der Waals surface area contributed by atoms with Crippen molar-refractivity contribution in [3.05, 3.63) is 94.4 Å². The molecule has 1 aliphatic heterocycles. The second kappa shape index (κ2) is 10.8. The van der Waals surface area contributed by atoms with Crippen LogP contribution in [-0.4, -0.2) is 49.8 Å². The van der Waals surface area contributed by atoms with Crippen LogP contribution >= 0.6 is 11.3 Å². The number of carbonyl (C=O) groups excluding carboxylic acids is 3. The van der Waals surface area contributed by atoms with Crippen molar-refractivity contribution in [2.75, 3.05) is 37.4 Å². The molecule has 0 radical (unpaired) electrons. The van der Waals surface area contributed by atoms with Gasteiger partial charge in [-0.05, 0) is 55.3 Å². The molecular formula is C30H30N4O3S. The molecule has 1 aliphatic rings. The summed E-state index contributed by atoms with van der Waals surface area (Å²) in [6.45, 7) is 3.22. The summed E-state index contributed by atoms with van der Waals surface area (Å²) in [6, 6.07) is 22.4. The number of aryl methyl sites for hydroxylation is 1. The topological polar surface area (TPSA) is 81.8 Å². The Labute approximate surface area is 226 Å². The van der Waals surface area contributed by atoms with Gasteiger partial charge in [-0.2, -0.15) is 0 Å². The van der Waals surface area contributed by atoms with Gasteiger partial charge in [0.1, 0.15) is 0 Å². The van der Waals surface area contributed by atoms with E-state index in [1.807, 2.05) is 68.6 Å². The van der Waals surface area contributed by atoms with E-state index >= 15 is 0 Å². The first kappa shape index (κ1) is 25.6. The zero-order valence-corrected chi connectivity index (χ0v) is 22.5. The Morgan fingerprint density at radius 3 is 2.58 bits per heavy atom. The largest absolute Gasteiger partial charge is 0.340 e. The van der Waals surface area contributed by atoms with E-state index in [2.05, 4.69) is 10.6 Å². The first-order chi connectivity index (χ1) is 18.4. The van der Waals surface area contributed by atoms with Crippen LogP contribution in [0, 0.1) is 6.92 Å². The van der Waals surface area contributed by atoms with Crippen molar-refractivity contribution in [2.24, 2.45) is 0 Å². The molecule has 7 nitrogen and oxygen atoms in total. The molecule has 38 heavy (non-hydrogen) atoms. The van der Waals surface area contributed by atoms with Crippen molar-refractivity contribution < 1.29 is 14.4 Å². The number of nitrogens with zero attached hydrogens (tertiary/aromatic N) is 2. The first-order valence-corrected chi connectivity index (χ1v) is 13.4. The fourth-order valence-electron chi connectivity index (χ4n) is 4.73. The highest BCUT2D eigenvalue weighted by molar-refractivity contribution is 7.20. The summed E-state index contributed by atoms with van der Waals surface area (Å²) in [5.74, 6) is -0.546. The number of hydrogen-bond donors (Lipinski definition) is 2. The Bertz CT molecular complexity index is 1480. The molecule has 0 saturated carbocycles. The van der Waals surface area contributed by atoms with Crippen LogP contribution in [0.25, 0.3) is 10.1 Å². The van der Waals surface area contributed by atoms with Gasteiger partial charge in [0.25, 0.3) is 11.8 Å². The number of carbonyl (C=O) groups is 3. The quantitative estimate of drug-likeness (QED) is 0.360. The first-order valence-electron chi connectivity index (χ1n) is 12.6. The predicted molar refractivity (Wildman–Crippen MR) is 153 cm³/mol. The van der Waals surface area contributed by atoms with Gasteiger partial charge in [0.05, 0.1) is 28.7 Å². The number of hydrogen-bond acceptors (Lipinski definition) is 5. The van der Waals surface area contributed by atoms with Crippen molar-refractivity contribution >= 4 is 50.5 Å². The Hall–Kier alpha value is -4.01. The molecule has 0 fully saturated rings. The highest BCUT2D eigenvalue weighted by Crippen LogP contribution is 2.41. The van der Waals surface area contributed by atoms with Gasteiger partial charge in [0.15, 0.2) is 0 Å². The summed E-state index contributed by atoms with van der Waals surface area (Å²) in [4.78, 5) is 44.3. The van der Waals surface area contributed by atoms with Crippen molar-refractivity contribution in [1.82, 2.24) is 10.2 Å². The molecule has 194 valence electrons. The zero-order valence-electron chi connectivity index (χ0n) is 21.7. The van der Waals surface area contributed by atoms with E-state index in [1.54, 1.807) is 35.0 Å². The zero-order chi connectivity index (χ0) is 26.8. The number of thiophene rings is 1. The molecule has 1 aromatic heterocycles. The summed E-state index contributed by atoms with van der Waals surface area (Å²) in [5.41, 5.74) is 3.44. The maximum atomic E-state index is 14.2. The summed E-state index contributed by atoms with van der Waals surface area (Å²) in [7, 11) is 3.58. The van der Waals surface area contributed by atoms with Crippen LogP contribution in [0.15, 0.2) is 72.8 Å². The smallest absolute Gasteiger partial charge is 0.269 e. The average molecular weight is 527 g/mol. The van der Waals surface area contributed by atoms with Gasteiger partial charge in [-0.3, -0.25) is 19.3 Å². The molecular weight excluding hydrogens is 496 g/mol. The molecule has 0 saturated heterocycles. The summed E-state index contributed by atoms with van der Waals surface area (Å²) < 4.78 is 1.03. The molecule has 2 N–H and O–H groups in total. The molecule has 3 amide bonds. The summed E-state index contributed by atoms with van der Waals surface area (Å²) in [5, 5.41) is 7.01. The van der Waals surface area contributed by atoms with Gasteiger partial charge in [0.2, 0.25) is 5.91 Å². The summed E-state index contributed by atoms with van der Waals surface area (Å²) >= 11 is 1.44. The number of amides is 3. The van der Waals surface area contributed by atoms with Crippen molar-refractivity contribution in [3.8, 4) is 0 Å². The lowest BCUT2D eigenvalue weighted by Crippen LogP contribution is -2.35. The standard InChI is InChI=1S/C30H30N4O3S/c1-19-8-10-20(11-9-19)25-18-28(35)32-23-16-22(29(36)33(3)15-14-31-2)12-13-24(23)34(25)30(37)27-17-21-6-4-5-7-26(21)38-27/h4-13,16-17,25,31H,14-15,18H2,1-3H3,(H,32,35). The average Bonchev–Trinajstić information content (AvgIpc) is 3.30. The minimum absolute atomic E-state index is 0.0970. The fourth-order valence-corrected chi connectivity index (χ4v) is 5.73. The normalized spacial score (nSPS) is 15.1. The fraction of sp³-hybridized carbons (Fsp3) is 0.233. The van der Waals surface area contributed by atoms with Gasteiger partial charge in [0, 0.05) is 30.4 Å². The third kappa shape index (κ3) is 5.05. The highest BCUT2D eigenvalue weighted by atomic mass is 32.1. The van der Waals surface area contributed by atoms with Gasteiger partial charge >= 0.3 is 0 Å². The number of benzene rings is 3. The molecule has 1 unspecified atom stereocenters. The van der Waals surface area contributed by atoms with Crippen LogP contribution in [0.4, 0.5) is 11.4 Å². The highest BCUT2D eigenvalue weighted by Gasteiger charge is 2.35. The minimum atomic E-state index is -0.505. The van der Waals surface area contributed by atoms with Crippen LogP contribution in [-0.2, 0) is 4.79 Å². The predicted octanol–water partition coefficient (Wildman–Crippen LogP) is 5.23. The molecule has 0 bridgehead atoms. The maximum Gasteiger partial charge on any atom is 0.269 e. The van der Waals surface area contributed by atoms with E-state index in [0.29, 0.717) is 34.9 Å². The lowest BCUT2D eigenvalue weighted by atomic mass is 9.99. The molecule has 0 aliphatic carbocycles. The number of rotatable bonds is 6. The third-order valence-electron chi connectivity index (χ3n) is 6.83. The molecule has 4 aromatic rings. The Morgan fingerprint density at radius 1 is 1.08 bits per heavy atom. The molecule has 0 spiro atoms. The van der Waals surface area contributed by atoms with Crippen LogP contribution in [0.2, 0.25) is 0 Å². The van der Waals surface area contributed by atoms with Gasteiger partial charge in [-0.1, -0.05) is 48.0 Å². The van der Waals surface area contributed by atoms with Crippen molar-refractivity contribution in [3.63, 3.8) is 0 Å². The van der Waals surface area contributed by atoms with E-state index in [1.165, 1.54) is 11.3 Å². The second-order valence-electron chi connectivity index (χ2n) is 9.56. The lowest BCUT2D eigenvalue weighted by Gasteiger charge is -2.31. The van der Waals surface area contributed by atoms with Crippen molar-refractivity contribution in [1.29, 1.82) is 0 Å². The van der Waals surface area contributed by atoms with Gasteiger partial charge in [-0.15, -0.1) is 11.3 Å². The number of likely N-dealkylation sites (N-methyl/N-ethyl adjacent to an activating group) is 2. The second-order valence-corrected chi connectivity index (χ2v) is 10.6. The van der Waals surface area contributed by atoms with Crippen molar-refractivity contribution in [2.45, 2.75) is 19.4 Å². The Balaban J connectivity index is 1.61. The number of nitrogens with one attached hydrogen (secondary N) is 2. The van der Waals surface area contributed by atoms with Crippen LogP contribution in [0.3, 0.4) is 0 Å². The van der Waals surface area contributed by atoms with E-state index < -0.39 is 6.04 Å². The van der Waals surface area contributed by atoms with Crippen LogP contribution in [0.1, 0.15) is 43.6 Å². The molecule has 3 aromatic carbocycles. The maximum absolute atomic E-state index is 14.2. The number of anilines is 2. The van der Waals surface area contributed by atoms with Crippen LogP contribution in [0.5, 0.6) is 0 Å². The molecule has 1 atom stereocenters. The third-order valence-corrected chi connectivity index (χ3v) is 7.93. The molecule has 2 heterocycles. The van der Waals surface area contributed by atoms with E-state index in [9.17, 15) is 14.4 Å². The molecule has 8 heteroatoms. The van der Waals surface area contributed by atoms with Gasteiger partial charge in [-0.25, -0.2) is 0 Å². The molecule has 5 rings (SSSR count). The van der Waals surface area contributed by atoms with E-state index in [-0.39, 0.29) is 24.1 Å². The monoisotopic (exact) mass is 526 g/mol. The Morgan fingerprint density at radius 2 is 1.84 bits per heavy atom. The lowest BCUT2D eigenvalue weighted by molar-refractivity contribution is -0.116. The summed E-state index contributed by atoms with van der Waals surface area (Å²) in [6.07, 6.45) is 0.0970. The van der Waals surface area contributed by atoms with Crippen LogP contribution < -0.4 is 15.5 Å². The Kier molecular flexibility index (Phi) is 7.26. The van der Waals surface area contributed by atoms with Gasteiger partial charge < -0.3 is 15.5 Å². The SMILES string of the molecule is CNCCN(C)C(=O)c1ccc2c(c1)NC(=O)CC(c1ccc(C)cc1)N2C(=O)c1cc2ccccc2s1. The van der Waals surface area contributed by atoms with E-state index in [4.69, 9.17) is 0 Å². The number of fused-ring (bicyclic) bond motifs is 2. The minimum Gasteiger partial charge on any atom is -0.340 e. The van der Waals surface area contributed by atoms with E-state index in [0.717, 1.165) is 21.2 Å².